The second kappa shape index (κ2) is 4.88. The van der Waals surface area contributed by atoms with E-state index in [-0.39, 0.29) is 11.0 Å². The predicted molar refractivity (Wildman–Crippen MR) is 73.8 cm³/mol. The lowest BCUT2D eigenvalue weighted by atomic mass is 9.88. The van der Waals surface area contributed by atoms with Crippen LogP contribution in [0, 0.1) is 0 Å². The molecular formula is C15H24N2O. The van der Waals surface area contributed by atoms with E-state index < -0.39 is 0 Å². The zero-order valence-electron chi connectivity index (χ0n) is 11.7. The van der Waals surface area contributed by atoms with Crippen LogP contribution in [0.1, 0.15) is 52.0 Å². The molecule has 1 aromatic rings. The molecule has 0 radical (unpaired) electrons. The van der Waals surface area contributed by atoms with Crippen LogP contribution in [0.2, 0.25) is 0 Å². The van der Waals surface area contributed by atoms with Crippen molar-refractivity contribution in [2.45, 2.75) is 57.4 Å². The highest BCUT2D eigenvalue weighted by atomic mass is 16.5. The van der Waals surface area contributed by atoms with Crippen LogP contribution < -0.4 is 10.5 Å². The lowest BCUT2D eigenvalue weighted by molar-refractivity contribution is 0.213. The van der Waals surface area contributed by atoms with E-state index in [1.807, 2.05) is 12.3 Å². The molecule has 0 bridgehead atoms. The number of aromatic nitrogens is 1. The van der Waals surface area contributed by atoms with Gasteiger partial charge in [-0.2, -0.15) is 0 Å². The van der Waals surface area contributed by atoms with Crippen molar-refractivity contribution >= 4 is 0 Å². The van der Waals surface area contributed by atoms with E-state index in [0.717, 1.165) is 12.8 Å². The zero-order chi connectivity index (χ0) is 13.2. The minimum atomic E-state index is -0.135. The van der Waals surface area contributed by atoms with Crippen molar-refractivity contribution in [2.75, 3.05) is 6.61 Å². The van der Waals surface area contributed by atoms with Gasteiger partial charge in [-0.3, -0.25) is 0 Å². The number of nitrogens with zero attached hydrogens (tertiary/aromatic N) is 1. The normalized spacial score (nSPS) is 18.9. The van der Waals surface area contributed by atoms with Gasteiger partial charge in [0, 0.05) is 12.3 Å². The van der Waals surface area contributed by atoms with Crippen LogP contribution in [0.4, 0.5) is 0 Å². The van der Waals surface area contributed by atoms with Gasteiger partial charge in [0.25, 0.3) is 0 Å². The summed E-state index contributed by atoms with van der Waals surface area (Å²) in [5, 5.41) is 0. The first kappa shape index (κ1) is 13.3. The van der Waals surface area contributed by atoms with E-state index in [2.05, 4.69) is 31.8 Å². The lowest BCUT2D eigenvalue weighted by Gasteiger charge is -2.23. The molecule has 100 valence electrons. The van der Waals surface area contributed by atoms with Crippen LogP contribution in [-0.2, 0) is 5.41 Å². The van der Waals surface area contributed by atoms with E-state index in [9.17, 15) is 0 Å². The minimum absolute atomic E-state index is 0.131. The summed E-state index contributed by atoms with van der Waals surface area (Å²) in [6.45, 7) is 7.11. The highest BCUT2D eigenvalue weighted by Gasteiger charge is 2.30. The number of nitrogens with two attached hydrogens (primary N) is 1. The molecule has 0 aliphatic heterocycles. The molecule has 2 N–H and O–H groups in total. The molecule has 1 aliphatic carbocycles. The van der Waals surface area contributed by atoms with Crippen LogP contribution in [0.5, 0.6) is 5.88 Å². The van der Waals surface area contributed by atoms with Gasteiger partial charge >= 0.3 is 0 Å². The third-order valence-electron chi connectivity index (χ3n) is 3.71. The van der Waals surface area contributed by atoms with Crippen molar-refractivity contribution in [1.82, 2.24) is 4.98 Å². The molecule has 0 spiro atoms. The first-order valence-electron chi connectivity index (χ1n) is 6.77. The summed E-state index contributed by atoms with van der Waals surface area (Å²) in [6, 6.07) is 4.03. The zero-order valence-corrected chi connectivity index (χ0v) is 11.7. The van der Waals surface area contributed by atoms with Gasteiger partial charge in [-0.25, -0.2) is 4.98 Å². The molecule has 1 fully saturated rings. The molecular weight excluding hydrogens is 224 g/mol. The van der Waals surface area contributed by atoms with Crippen molar-refractivity contribution in [2.24, 2.45) is 5.73 Å². The standard InChI is InChI=1S/C15H24N2O/c1-14(2,3)12-6-7-13(17-10-12)18-11-15(16)8-4-5-9-15/h6-7,10H,4-5,8-9,11,16H2,1-3H3. The highest BCUT2D eigenvalue weighted by molar-refractivity contribution is 5.23. The van der Waals surface area contributed by atoms with Crippen molar-refractivity contribution < 1.29 is 4.74 Å². The summed E-state index contributed by atoms with van der Waals surface area (Å²) in [4.78, 5) is 4.36. The Bertz CT molecular complexity index is 386. The van der Waals surface area contributed by atoms with Crippen molar-refractivity contribution in [3.63, 3.8) is 0 Å². The van der Waals surface area contributed by atoms with E-state index >= 15 is 0 Å². The Balaban J connectivity index is 1.94. The van der Waals surface area contributed by atoms with Gasteiger partial charge < -0.3 is 10.5 Å². The van der Waals surface area contributed by atoms with Gasteiger partial charge in [-0.15, -0.1) is 0 Å². The summed E-state index contributed by atoms with van der Waals surface area (Å²) < 4.78 is 5.72. The lowest BCUT2D eigenvalue weighted by Crippen LogP contribution is -2.42. The largest absolute Gasteiger partial charge is 0.476 e. The summed E-state index contributed by atoms with van der Waals surface area (Å²) >= 11 is 0. The fourth-order valence-corrected chi connectivity index (χ4v) is 2.35. The van der Waals surface area contributed by atoms with Gasteiger partial charge in [0.2, 0.25) is 5.88 Å². The van der Waals surface area contributed by atoms with Crippen LogP contribution in [0.25, 0.3) is 0 Å². The second-order valence-electron chi connectivity index (χ2n) is 6.49. The molecule has 3 nitrogen and oxygen atoms in total. The first-order valence-corrected chi connectivity index (χ1v) is 6.77. The fourth-order valence-electron chi connectivity index (χ4n) is 2.35. The maximum absolute atomic E-state index is 6.25. The molecule has 1 saturated carbocycles. The number of rotatable bonds is 3. The molecule has 0 amide bonds. The van der Waals surface area contributed by atoms with E-state index in [0.29, 0.717) is 12.5 Å². The van der Waals surface area contributed by atoms with E-state index in [1.165, 1.54) is 18.4 Å². The number of ether oxygens (including phenoxy) is 1. The molecule has 1 aromatic heterocycles. The fraction of sp³-hybridized carbons (Fsp3) is 0.667. The third-order valence-corrected chi connectivity index (χ3v) is 3.71. The third kappa shape index (κ3) is 3.22. The maximum atomic E-state index is 6.25. The molecule has 0 atom stereocenters. The predicted octanol–water partition coefficient (Wildman–Crippen LogP) is 3.03. The van der Waals surface area contributed by atoms with Crippen LogP contribution in [0.3, 0.4) is 0 Å². The minimum Gasteiger partial charge on any atom is -0.476 e. The molecule has 0 unspecified atom stereocenters. The Labute approximate surface area is 110 Å². The number of hydrogen-bond acceptors (Lipinski definition) is 3. The molecule has 3 heteroatoms. The summed E-state index contributed by atoms with van der Waals surface area (Å²) in [6.07, 6.45) is 6.46. The summed E-state index contributed by atoms with van der Waals surface area (Å²) in [5.74, 6) is 0.680. The van der Waals surface area contributed by atoms with Crippen molar-refractivity contribution in [3.05, 3.63) is 23.9 Å². The summed E-state index contributed by atoms with van der Waals surface area (Å²) in [7, 11) is 0. The maximum Gasteiger partial charge on any atom is 0.213 e. The van der Waals surface area contributed by atoms with Crippen molar-refractivity contribution in [3.8, 4) is 5.88 Å². The Morgan fingerprint density at radius 2 is 1.94 bits per heavy atom. The van der Waals surface area contributed by atoms with E-state index in [4.69, 9.17) is 10.5 Å². The monoisotopic (exact) mass is 248 g/mol. The first-order chi connectivity index (χ1) is 8.39. The van der Waals surface area contributed by atoms with Crippen LogP contribution in [0.15, 0.2) is 18.3 Å². The smallest absolute Gasteiger partial charge is 0.213 e. The van der Waals surface area contributed by atoms with Gasteiger partial charge in [0.1, 0.15) is 6.61 Å². The van der Waals surface area contributed by atoms with E-state index in [1.54, 1.807) is 0 Å². The van der Waals surface area contributed by atoms with Crippen molar-refractivity contribution in [1.29, 1.82) is 0 Å². The Kier molecular flexibility index (Phi) is 3.62. The molecule has 0 aromatic carbocycles. The Morgan fingerprint density at radius 3 is 2.44 bits per heavy atom. The quantitative estimate of drug-likeness (QED) is 0.894. The average Bonchev–Trinajstić information content (AvgIpc) is 2.74. The molecule has 0 saturated heterocycles. The Morgan fingerprint density at radius 1 is 1.28 bits per heavy atom. The molecule has 18 heavy (non-hydrogen) atoms. The van der Waals surface area contributed by atoms with Gasteiger partial charge in [-0.1, -0.05) is 39.7 Å². The molecule has 1 aliphatic rings. The SMILES string of the molecule is CC(C)(C)c1ccc(OCC2(N)CCCC2)nc1. The van der Waals surface area contributed by atoms with Crippen LogP contribution in [-0.4, -0.2) is 17.1 Å². The molecule has 2 rings (SSSR count). The topological polar surface area (TPSA) is 48.1 Å². The van der Waals surface area contributed by atoms with Gasteiger partial charge in [0.05, 0.1) is 5.54 Å². The molecule has 1 heterocycles. The Hall–Kier alpha value is -1.09. The van der Waals surface area contributed by atoms with Gasteiger partial charge in [-0.05, 0) is 23.8 Å². The van der Waals surface area contributed by atoms with Gasteiger partial charge in [0.15, 0.2) is 0 Å². The number of pyridine rings is 1. The second-order valence-corrected chi connectivity index (χ2v) is 6.49. The average molecular weight is 248 g/mol. The van der Waals surface area contributed by atoms with Crippen LogP contribution >= 0.6 is 0 Å². The highest BCUT2D eigenvalue weighted by Crippen LogP contribution is 2.28. The summed E-state index contributed by atoms with van der Waals surface area (Å²) in [5.41, 5.74) is 7.47. The number of hydrogen-bond donors (Lipinski definition) is 1.